The number of pyridine rings is 1. The Hall–Kier alpha value is -2.50. The van der Waals surface area contributed by atoms with Gasteiger partial charge in [-0.1, -0.05) is 6.07 Å². The van der Waals surface area contributed by atoms with E-state index in [0.29, 0.717) is 12.5 Å². The molecule has 0 saturated carbocycles. The van der Waals surface area contributed by atoms with Crippen LogP contribution in [-0.4, -0.2) is 33.1 Å². The summed E-state index contributed by atoms with van der Waals surface area (Å²) in [6.45, 7) is 0.563. The zero-order valence-electron chi connectivity index (χ0n) is 9.82. The molecule has 0 aliphatic rings. The third-order valence-corrected chi connectivity index (χ3v) is 2.35. The molecular formula is C12H12N4O2. The molecule has 2 aromatic rings. The second-order valence-corrected chi connectivity index (χ2v) is 3.75. The molecule has 0 bridgehead atoms. The first-order valence-electron chi connectivity index (χ1n) is 5.33. The van der Waals surface area contributed by atoms with Gasteiger partial charge >= 0.3 is 5.97 Å². The van der Waals surface area contributed by atoms with Gasteiger partial charge in [-0.25, -0.2) is 14.8 Å². The Morgan fingerprint density at radius 1 is 1.28 bits per heavy atom. The van der Waals surface area contributed by atoms with Crippen LogP contribution in [0.1, 0.15) is 16.1 Å². The van der Waals surface area contributed by atoms with Crippen molar-refractivity contribution in [2.24, 2.45) is 0 Å². The second kappa shape index (κ2) is 5.22. The summed E-state index contributed by atoms with van der Waals surface area (Å²) in [5.41, 5.74) is 0.968. The summed E-state index contributed by atoms with van der Waals surface area (Å²) in [7, 11) is 1.82. The highest BCUT2D eigenvalue weighted by molar-refractivity contribution is 5.86. The summed E-state index contributed by atoms with van der Waals surface area (Å²) in [5, 5.41) is 8.75. The molecule has 1 N–H and O–H groups in total. The summed E-state index contributed by atoms with van der Waals surface area (Å²) < 4.78 is 0. The molecule has 0 atom stereocenters. The van der Waals surface area contributed by atoms with Crippen LogP contribution < -0.4 is 4.90 Å². The van der Waals surface area contributed by atoms with Crippen molar-refractivity contribution >= 4 is 11.9 Å². The van der Waals surface area contributed by atoms with E-state index in [1.54, 1.807) is 11.1 Å². The first kappa shape index (κ1) is 12.0. The predicted molar refractivity (Wildman–Crippen MR) is 65.3 cm³/mol. The molecule has 0 saturated heterocycles. The lowest BCUT2D eigenvalue weighted by Crippen LogP contribution is -2.20. The molecule has 0 unspecified atom stereocenters. The average molecular weight is 244 g/mol. The minimum atomic E-state index is -1.03. The van der Waals surface area contributed by atoms with Crippen LogP contribution in [0.5, 0.6) is 0 Å². The van der Waals surface area contributed by atoms with E-state index in [9.17, 15) is 4.79 Å². The number of carbonyl (C=O) groups is 1. The van der Waals surface area contributed by atoms with Gasteiger partial charge in [0.05, 0.1) is 17.8 Å². The third kappa shape index (κ3) is 2.79. The number of nitrogens with zero attached hydrogens (tertiary/aromatic N) is 4. The van der Waals surface area contributed by atoms with Crippen LogP contribution in [0.3, 0.4) is 0 Å². The van der Waals surface area contributed by atoms with Crippen LogP contribution in [0.15, 0.2) is 36.8 Å². The zero-order valence-corrected chi connectivity index (χ0v) is 9.82. The molecule has 2 heterocycles. The number of aromatic carboxylic acids is 1. The van der Waals surface area contributed by atoms with E-state index in [0.717, 1.165) is 5.69 Å². The minimum absolute atomic E-state index is 0.0741. The van der Waals surface area contributed by atoms with Gasteiger partial charge in [0.15, 0.2) is 0 Å². The van der Waals surface area contributed by atoms with Crippen LogP contribution in [0.4, 0.5) is 5.95 Å². The summed E-state index contributed by atoms with van der Waals surface area (Å²) in [4.78, 5) is 24.7. The van der Waals surface area contributed by atoms with Gasteiger partial charge in [0.1, 0.15) is 0 Å². The van der Waals surface area contributed by atoms with Crippen LogP contribution in [-0.2, 0) is 6.54 Å². The Morgan fingerprint density at radius 3 is 2.56 bits per heavy atom. The van der Waals surface area contributed by atoms with E-state index in [2.05, 4.69) is 15.0 Å². The van der Waals surface area contributed by atoms with Crippen molar-refractivity contribution in [3.05, 3.63) is 48.0 Å². The van der Waals surface area contributed by atoms with E-state index in [4.69, 9.17) is 5.11 Å². The van der Waals surface area contributed by atoms with Gasteiger partial charge in [0.25, 0.3) is 0 Å². The van der Waals surface area contributed by atoms with Crippen molar-refractivity contribution in [2.75, 3.05) is 11.9 Å². The Labute approximate surface area is 104 Å². The predicted octanol–water partition coefficient (Wildman–Crippen LogP) is 1.21. The Morgan fingerprint density at radius 2 is 2.00 bits per heavy atom. The van der Waals surface area contributed by atoms with Crippen LogP contribution >= 0.6 is 0 Å². The summed E-state index contributed by atoms with van der Waals surface area (Å²) in [5.74, 6) is -0.570. The molecule has 18 heavy (non-hydrogen) atoms. The maximum absolute atomic E-state index is 10.7. The lowest BCUT2D eigenvalue weighted by atomic mass is 10.3. The van der Waals surface area contributed by atoms with Crippen LogP contribution in [0.2, 0.25) is 0 Å². The maximum Gasteiger partial charge on any atom is 0.338 e. The largest absolute Gasteiger partial charge is 0.478 e. The zero-order chi connectivity index (χ0) is 13.0. The van der Waals surface area contributed by atoms with Gasteiger partial charge < -0.3 is 10.0 Å². The first-order valence-corrected chi connectivity index (χ1v) is 5.33. The van der Waals surface area contributed by atoms with E-state index in [1.165, 1.54) is 12.4 Å². The van der Waals surface area contributed by atoms with Gasteiger partial charge in [-0.2, -0.15) is 0 Å². The van der Waals surface area contributed by atoms with Crippen molar-refractivity contribution in [3.8, 4) is 0 Å². The highest BCUT2D eigenvalue weighted by atomic mass is 16.4. The molecule has 0 aromatic carbocycles. The average Bonchev–Trinajstić information content (AvgIpc) is 2.40. The molecule has 0 aliphatic carbocycles. The van der Waals surface area contributed by atoms with Gasteiger partial charge in [-0.15, -0.1) is 0 Å². The quantitative estimate of drug-likeness (QED) is 0.870. The molecular weight excluding hydrogens is 232 g/mol. The molecule has 6 nitrogen and oxygen atoms in total. The Bertz CT molecular complexity index is 528. The monoisotopic (exact) mass is 244 g/mol. The third-order valence-electron chi connectivity index (χ3n) is 2.35. The molecule has 0 radical (unpaired) electrons. The molecule has 0 aliphatic heterocycles. The highest BCUT2D eigenvalue weighted by Crippen LogP contribution is 2.08. The standard InChI is InChI=1S/C12H12N4O2/c1-16(8-10-4-2-3-5-13-10)12-14-6-9(7-15-12)11(17)18/h2-7H,8H2,1H3,(H,17,18). The molecule has 0 amide bonds. The van der Waals surface area contributed by atoms with Crippen molar-refractivity contribution < 1.29 is 9.90 Å². The summed E-state index contributed by atoms with van der Waals surface area (Å²) in [6.07, 6.45) is 4.30. The highest BCUT2D eigenvalue weighted by Gasteiger charge is 2.08. The van der Waals surface area contributed by atoms with Gasteiger partial charge in [0.2, 0.25) is 5.95 Å². The smallest absolute Gasteiger partial charge is 0.338 e. The molecule has 0 fully saturated rings. The van der Waals surface area contributed by atoms with Crippen molar-refractivity contribution in [3.63, 3.8) is 0 Å². The first-order chi connectivity index (χ1) is 8.66. The number of rotatable bonds is 4. The number of hydrogen-bond acceptors (Lipinski definition) is 5. The normalized spacial score (nSPS) is 10.1. The number of carboxylic acids is 1. The van der Waals surface area contributed by atoms with Gasteiger partial charge in [-0.05, 0) is 12.1 Å². The van der Waals surface area contributed by atoms with Crippen LogP contribution in [0, 0.1) is 0 Å². The van der Waals surface area contributed by atoms with Crippen LogP contribution in [0.25, 0.3) is 0 Å². The molecule has 0 spiro atoms. The molecule has 2 rings (SSSR count). The number of carboxylic acid groups (broad SMARTS) is 1. The van der Waals surface area contributed by atoms with E-state index in [1.807, 2.05) is 25.2 Å². The SMILES string of the molecule is CN(Cc1ccccn1)c1ncc(C(=O)O)cn1. The number of anilines is 1. The second-order valence-electron chi connectivity index (χ2n) is 3.75. The number of aromatic nitrogens is 3. The van der Waals surface area contributed by atoms with E-state index < -0.39 is 5.97 Å². The number of hydrogen-bond donors (Lipinski definition) is 1. The molecule has 2 aromatic heterocycles. The summed E-state index contributed by atoms with van der Waals surface area (Å²) in [6, 6.07) is 5.66. The topological polar surface area (TPSA) is 79.2 Å². The van der Waals surface area contributed by atoms with E-state index in [-0.39, 0.29) is 5.56 Å². The lowest BCUT2D eigenvalue weighted by molar-refractivity contribution is 0.0696. The Kier molecular flexibility index (Phi) is 3.47. The molecule has 92 valence electrons. The summed E-state index contributed by atoms with van der Waals surface area (Å²) >= 11 is 0. The van der Waals surface area contributed by atoms with Gasteiger partial charge in [0, 0.05) is 25.6 Å². The lowest BCUT2D eigenvalue weighted by Gasteiger charge is -2.15. The van der Waals surface area contributed by atoms with E-state index >= 15 is 0 Å². The van der Waals surface area contributed by atoms with Gasteiger partial charge in [-0.3, -0.25) is 4.98 Å². The fourth-order valence-corrected chi connectivity index (χ4v) is 1.43. The van der Waals surface area contributed by atoms with Crippen molar-refractivity contribution in [2.45, 2.75) is 6.54 Å². The Balaban J connectivity index is 2.09. The van der Waals surface area contributed by atoms with Crippen molar-refractivity contribution in [1.29, 1.82) is 0 Å². The van der Waals surface area contributed by atoms with Crippen molar-refractivity contribution in [1.82, 2.24) is 15.0 Å². The minimum Gasteiger partial charge on any atom is -0.478 e. The maximum atomic E-state index is 10.7. The fraction of sp³-hybridized carbons (Fsp3) is 0.167. The fourth-order valence-electron chi connectivity index (χ4n) is 1.43. The molecule has 6 heteroatoms.